The first-order valence-electron chi connectivity index (χ1n) is 35.2. The number of aryl methyl sites for hydroxylation is 2. The van der Waals surface area contributed by atoms with Crippen molar-refractivity contribution in [2.45, 2.75) is 245 Å². The predicted molar refractivity (Wildman–Crippen MR) is 441 cm³/mol. The predicted octanol–water partition coefficient (Wildman–Crippen LogP) is 22.9. The molecule has 12 rings (SSSR count). The van der Waals surface area contributed by atoms with Crippen LogP contribution < -0.4 is 22.2 Å². The van der Waals surface area contributed by atoms with Crippen molar-refractivity contribution in [2.75, 3.05) is 0 Å². The molecule has 12 heteroatoms. The summed E-state index contributed by atoms with van der Waals surface area (Å²) in [7, 11) is 1.78. The second kappa shape index (κ2) is 35.9. The van der Waals surface area contributed by atoms with Crippen molar-refractivity contribution in [3.63, 3.8) is 0 Å². The second-order valence-corrected chi connectivity index (χ2v) is 34.8. The van der Waals surface area contributed by atoms with Gasteiger partial charge in [-0.05, 0) is 167 Å². The number of nitrogens with zero attached hydrogens (tertiary/aromatic N) is 4. The molecule has 103 heavy (non-hydrogen) atoms. The highest BCUT2D eigenvalue weighted by molar-refractivity contribution is 5.79. The first-order chi connectivity index (χ1) is 46.4. The minimum absolute atomic E-state index is 0. The van der Waals surface area contributed by atoms with Crippen LogP contribution in [-0.4, -0.2) is 30.7 Å². The van der Waals surface area contributed by atoms with E-state index in [1.165, 1.54) is 72.7 Å². The van der Waals surface area contributed by atoms with Gasteiger partial charge in [0.1, 0.15) is 0 Å². The third kappa shape index (κ3) is 27.9. The number of oxazole rings is 1. The Labute approximate surface area is 618 Å². The van der Waals surface area contributed by atoms with Gasteiger partial charge in [0.05, 0.1) is 16.7 Å². The summed E-state index contributed by atoms with van der Waals surface area (Å²) < 4.78 is 19.3. The molecule has 0 bridgehead atoms. The van der Waals surface area contributed by atoms with Gasteiger partial charge < -0.3 is 19.3 Å². The van der Waals surface area contributed by atoms with Gasteiger partial charge in [0, 0.05) is 78.9 Å². The minimum Gasteiger partial charge on any atom is -0.408 e. The molecule has 3 aliphatic rings. The van der Waals surface area contributed by atoms with Crippen molar-refractivity contribution in [1.82, 2.24) is 29.8 Å². The number of fused-ring (bicyclic) bond motifs is 4. The summed E-state index contributed by atoms with van der Waals surface area (Å²) in [5, 5.41) is 4.30. The summed E-state index contributed by atoms with van der Waals surface area (Å²) in [5.41, 5.74) is 21.8. The van der Waals surface area contributed by atoms with Crippen molar-refractivity contribution in [2.24, 2.45) is 17.5 Å². The van der Waals surface area contributed by atoms with E-state index >= 15 is 0 Å². The summed E-state index contributed by atoms with van der Waals surface area (Å²) in [6.45, 7) is 61.8. The average molecular weight is 1400 g/mol. The topological polar surface area (TPSA) is 151 Å². The maximum Gasteiger partial charge on any atom is 0.417 e. The third-order valence-electron chi connectivity index (χ3n) is 17.3. The zero-order chi connectivity index (χ0) is 76.0. The van der Waals surface area contributed by atoms with Crippen LogP contribution >= 0.6 is 0 Å². The highest BCUT2D eigenvalue weighted by Crippen LogP contribution is 2.34. The molecule has 0 radical (unpaired) electrons. The number of benzene rings is 4. The molecule has 4 aromatic carbocycles. The molecule has 0 atom stereocenters. The van der Waals surface area contributed by atoms with E-state index in [0.29, 0.717) is 5.58 Å². The lowest BCUT2D eigenvalue weighted by Gasteiger charge is -2.22. The van der Waals surface area contributed by atoms with Crippen LogP contribution in [0.3, 0.4) is 0 Å². The Morgan fingerprint density at radius 2 is 1.07 bits per heavy atom. The van der Waals surface area contributed by atoms with Crippen LogP contribution in [0.4, 0.5) is 10.1 Å². The zero-order valence-corrected chi connectivity index (χ0v) is 65.9. The Bertz CT molecular complexity index is 4500. The number of rotatable bonds is 0. The van der Waals surface area contributed by atoms with E-state index in [2.05, 4.69) is 275 Å². The van der Waals surface area contributed by atoms with E-state index in [1.54, 1.807) is 23.9 Å². The molecule has 5 aromatic heterocycles. The third-order valence-corrected chi connectivity index (χ3v) is 17.3. The fourth-order valence-corrected chi connectivity index (χ4v) is 10.3. The number of pyridine rings is 4. The highest BCUT2D eigenvalue weighted by atomic mass is 19.1. The normalized spacial score (nSPS) is 13.1. The zero-order valence-electron chi connectivity index (χ0n) is 65.9. The van der Waals surface area contributed by atoms with Crippen molar-refractivity contribution >= 4 is 33.9 Å². The van der Waals surface area contributed by atoms with Crippen LogP contribution in [0.15, 0.2) is 212 Å². The van der Waals surface area contributed by atoms with E-state index in [0.717, 1.165) is 52.9 Å². The monoisotopic (exact) mass is 1400 g/mol. The molecule has 3 N–H and O–H groups in total. The Kier molecular flexibility index (Phi) is 30.8. The van der Waals surface area contributed by atoms with Crippen LogP contribution in [0.1, 0.15) is 242 Å². The van der Waals surface area contributed by atoms with Gasteiger partial charge in [-0.3, -0.25) is 29.5 Å². The van der Waals surface area contributed by atoms with E-state index in [-0.39, 0.29) is 63.7 Å². The Balaban J connectivity index is 0.000000306. The van der Waals surface area contributed by atoms with Gasteiger partial charge in [-0.1, -0.05) is 273 Å². The van der Waals surface area contributed by atoms with Gasteiger partial charge in [0.25, 0.3) is 5.56 Å². The summed E-state index contributed by atoms with van der Waals surface area (Å²) in [5.74, 6) is -1.12. The van der Waals surface area contributed by atoms with Gasteiger partial charge >= 0.3 is 5.76 Å². The average Bonchev–Trinajstić information content (AvgIpc) is 1.74. The second-order valence-electron chi connectivity index (χ2n) is 34.8. The van der Waals surface area contributed by atoms with Crippen molar-refractivity contribution < 1.29 is 8.81 Å². The number of H-pyrrole nitrogens is 2. The number of nitrogens with one attached hydrogen (secondary N) is 3. The quantitative estimate of drug-likeness (QED) is 0.128. The maximum absolute atomic E-state index is 12.8. The Morgan fingerprint density at radius 1 is 0.534 bits per heavy atom. The molecule has 0 saturated carbocycles. The van der Waals surface area contributed by atoms with Crippen LogP contribution in [0.25, 0.3) is 22.0 Å². The lowest BCUT2D eigenvalue weighted by molar-refractivity contribution is 0.512. The SMILES string of the molecule is C.C.C=C1C=CC(C(C)(C)C)=CN1.C=C1Cc2ccc(C(C)(C)C)cc2C1.CC(C)(C)c1c[nH]c(=O)c(F)c1.CC(C)(C)c1ccc2c(c1)N=CC2.CC(C)(C)c1ccc2cccnc2c1.CC(C)(C)c1ccc2oc(=O)[nH]c2c1.Cc1ccc(C(C)(C)C)nc1.Cn1cc(C(C)(C)C)ccc1=O. The highest BCUT2D eigenvalue weighted by Gasteiger charge is 2.22. The van der Waals surface area contributed by atoms with Gasteiger partial charge in [-0.15, -0.1) is 0 Å². The lowest BCUT2D eigenvalue weighted by Crippen LogP contribution is -2.19. The molecule has 0 unspecified atom stereocenters. The first-order valence-corrected chi connectivity index (χ1v) is 35.2. The molecule has 9 aromatic rings. The smallest absolute Gasteiger partial charge is 0.408 e. The van der Waals surface area contributed by atoms with E-state index in [1.807, 2.05) is 88.2 Å². The molecule has 0 fully saturated rings. The molecule has 0 spiro atoms. The van der Waals surface area contributed by atoms with Gasteiger partial charge in [0.15, 0.2) is 11.4 Å². The molecule has 2 aliphatic heterocycles. The van der Waals surface area contributed by atoms with E-state index in [4.69, 9.17) is 4.42 Å². The number of hydrogen-bond donors (Lipinski definition) is 3. The van der Waals surface area contributed by atoms with Crippen LogP contribution in [-0.2, 0) is 64.2 Å². The van der Waals surface area contributed by atoms with Crippen LogP contribution in [0.5, 0.6) is 0 Å². The molecule has 7 heterocycles. The van der Waals surface area contributed by atoms with Crippen molar-refractivity contribution in [3.8, 4) is 0 Å². The van der Waals surface area contributed by atoms with Crippen LogP contribution in [0, 0.1) is 18.2 Å². The molecule has 0 saturated heterocycles. The molecule has 11 nitrogen and oxygen atoms in total. The maximum atomic E-state index is 12.8. The number of allylic oxidation sites excluding steroid dienone is 4. The Hall–Kier alpha value is -9.03. The van der Waals surface area contributed by atoms with E-state index in [9.17, 15) is 18.8 Å². The lowest BCUT2D eigenvalue weighted by atomic mass is 9.85. The molecular weight excluding hydrogens is 1270 g/mol. The number of aromatic amines is 2. The minimum atomic E-state index is -0.720. The Morgan fingerprint density at radius 3 is 1.59 bits per heavy atom. The molecule has 1 aliphatic carbocycles. The number of hydrogen-bond acceptors (Lipinski definition) is 8. The fraction of sp³-hybridized carbons (Fsp3) is 0.429. The molecule has 0 amide bonds. The van der Waals surface area contributed by atoms with Crippen molar-refractivity contribution in [3.05, 3.63) is 287 Å². The number of dihydropyridines is 1. The molecular formula is C91H126FN7O4. The van der Waals surface area contributed by atoms with E-state index < -0.39 is 17.1 Å². The van der Waals surface area contributed by atoms with Gasteiger partial charge in [0.2, 0.25) is 5.56 Å². The van der Waals surface area contributed by atoms with Crippen LogP contribution in [0.2, 0.25) is 0 Å². The number of halogens is 1. The summed E-state index contributed by atoms with van der Waals surface area (Å²) in [6.07, 6.45) is 18.5. The standard InChI is InChI=1S/C14H18.C13H15N.C12H15N.C11H13NO2.C10H15NO.2C10H15N.C9H12FNO.2CH4/c1-10-7-11-5-6-13(14(2,3)4)9-12(11)8-10;1-13(2,3)11-7-6-10-5-4-8-14-12(10)9-11;1-12(2,3)10-5-4-9-6-7-13-11(9)8-10;1-11(2,3)7-4-5-9-8(6-7)12-10(13)14-9;1-10(2,3)8-5-6-9(12)11(4)7-8;1-8-5-6-9(7-11-8)10(2,3)4;1-8-5-6-9(11-7-8)10(2,3)4;1-9(2,3)6-4-7(10)8(12)11-5-6;;/h5-6,9H,1,7-8H2,2-4H3;4-9H,1-3H3;4-5,7-8H,6H2,1-3H3;4-6H,1-3H3,(H,12,13);5-7H,1-4H3;5-7,11H,1H2,2-4H3;5-7H,1-4H3;4-5H,1-3H3,(H,11,12);2*1H4. The number of aliphatic imine (C=N–C) groups is 1. The van der Waals surface area contributed by atoms with Gasteiger partial charge in [-0.2, -0.15) is 0 Å². The van der Waals surface area contributed by atoms with Crippen molar-refractivity contribution in [1.29, 1.82) is 0 Å². The molecule has 556 valence electrons. The summed E-state index contributed by atoms with van der Waals surface area (Å²) >= 11 is 0. The largest absolute Gasteiger partial charge is 0.417 e. The summed E-state index contributed by atoms with van der Waals surface area (Å²) in [4.78, 5) is 50.7. The fourth-order valence-electron chi connectivity index (χ4n) is 10.3. The number of aromatic nitrogens is 5. The summed E-state index contributed by atoms with van der Waals surface area (Å²) in [6, 6.07) is 38.8. The van der Waals surface area contributed by atoms with Gasteiger partial charge in [-0.25, -0.2) is 9.18 Å². The first kappa shape index (κ1) is 88.2.